The molecule has 1 heterocycles. The van der Waals surface area contributed by atoms with Crippen LogP contribution < -0.4 is 5.32 Å². The summed E-state index contributed by atoms with van der Waals surface area (Å²) in [5.74, 6) is -1.54. The van der Waals surface area contributed by atoms with Gasteiger partial charge in [0.1, 0.15) is 6.17 Å². The van der Waals surface area contributed by atoms with Crippen molar-refractivity contribution in [2.75, 3.05) is 6.54 Å². The van der Waals surface area contributed by atoms with Crippen molar-refractivity contribution in [3.8, 4) is 0 Å². The van der Waals surface area contributed by atoms with Crippen molar-refractivity contribution in [1.29, 1.82) is 0 Å². The maximum absolute atomic E-state index is 14.0. The van der Waals surface area contributed by atoms with E-state index in [-0.39, 0.29) is 30.1 Å². The van der Waals surface area contributed by atoms with Crippen LogP contribution in [0.5, 0.6) is 0 Å². The maximum Gasteiger partial charge on any atom is 0.358 e. The van der Waals surface area contributed by atoms with Crippen molar-refractivity contribution in [1.82, 2.24) is 20.3 Å². The summed E-state index contributed by atoms with van der Waals surface area (Å²) < 4.78 is 15.5. The van der Waals surface area contributed by atoms with Crippen LogP contribution in [0.2, 0.25) is 0 Å². The maximum atomic E-state index is 14.0. The third-order valence-electron chi connectivity index (χ3n) is 4.20. The van der Waals surface area contributed by atoms with E-state index >= 15 is 0 Å². The summed E-state index contributed by atoms with van der Waals surface area (Å²) in [5, 5.41) is 18.7. The van der Waals surface area contributed by atoms with E-state index in [9.17, 15) is 14.0 Å². The van der Waals surface area contributed by atoms with Crippen LogP contribution >= 0.6 is 0 Å². The van der Waals surface area contributed by atoms with Gasteiger partial charge in [0, 0.05) is 5.92 Å². The summed E-state index contributed by atoms with van der Waals surface area (Å²) >= 11 is 0. The Labute approximate surface area is 137 Å². The summed E-state index contributed by atoms with van der Waals surface area (Å²) in [7, 11) is 0. The molecule has 0 radical (unpaired) electrons. The van der Waals surface area contributed by atoms with Gasteiger partial charge in [-0.05, 0) is 18.4 Å². The third kappa shape index (κ3) is 3.42. The molecule has 1 aliphatic carbocycles. The van der Waals surface area contributed by atoms with Crippen LogP contribution in [0, 0.1) is 5.92 Å². The van der Waals surface area contributed by atoms with E-state index in [1.165, 1.54) is 10.9 Å². The van der Waals surface area contributed by atoms with Gasteiger partial charge in [-0.2, -0.15) is 0 Å². The molecule has 3 rings (SSSR count). The molecule has 0 bridgehead atoms. The van der Waals surface area contributed by atoms with Crippen molar-refractivity contribution in [2.24, 2.45) is 5.92 Å². The van der Waals surface area contributed by atoms with E-state index < -0.39 is 12.1 Å². The summed E-state index contributed by atoms with van der Waals surface area (Å²) in [4.78, 5) is 22.8. The third-order valence-corrected chi connectivity index (χ3v) is 4.20. The predicted molar refractivity (Wildman–Crippen MR) is 82.0 cm³/mol. The highest BCUT2D eigenvalue weighted by molar-refractivity contribution is 5.84. The number of halogens is 1. The van der Waals surface area contributed by atoms with Gasteiger partial charge in [0.25, 0.3) is 0 Å². The number of benzene rings is 1. The highest BCUT2D eigenvalue weighted by Gasteiger charge is 2.36. The number of alkyl halides is 1. The Morgan fingerprint density at radius 2 is 2.04 bits per heavy atom. The second-order valence-electron chi connectivity index (χ2n) is 5.83. The van der Waals surface area contributed by atoms with E-state index in [4.69, 9.17) is 5.11 Å². The monoisotopic (exact) mass is 332 g/mol. The zero-order valence-electron chi connectivity index (χ0n) is 12.8. The molecule has 1 aromatic carbocycles. The number of aromatic nitrogens is 3. The molecule has 1 amide bonds. The number of carboxylic acid groups (broad SMARTS) is 1. The molecule has 1 atom stereocenters. The highest BCUT2D eigenvalue weighted by atomic mass is 19.1. The second kappa shape index (κ2) is 6.77. The van der Waals surface area contributed by atoms with Gasteiger partial charge >= 0.3 is 5.97 Å². The molecule has 1 unspecified atom stereocenters. The first-order chi connectivity index (χ1) is 11.5. The minimum absolute atomic E-state index is 0.0448. The van der Waals surface area contributed by atoms with Gasteiger partial charge < -0.3 is 10.4 Å². The Hall–Kier alpha value is -2.77. The van der Waals surface area contributed by atoms with E-state index in [1.807, 2.05) is 6.07 Å². The largest absolute Gasteiger partial charge is 0.476 e. The van der Waals surface area contributed by atoms with Crippen LogP contribution in [0.1, 0.15) is 41.1 Å². The lowest BCUT2D eigenvalue weighted by Crippen LogP contribution is -2.40. The standard InChI is InChI=1S/C16H17FN4O3/c17-13(10-4-2-1-3-5-10)8-18-15(22)11-6-12(7-11)21-9-14(16(23)24)19-20-21/h1-5,9,11-13H,6-8H2,(H,18,22)(H,23,24). The van der Waals surface area contributed by atoms with Crippen LogP contribution in [0.4, 0.5) is 4.39 Å². The first kappa shape index (κ1) is 16.1. The van der Waals surface area contributed by atoms with Crippen LogP contribution in [0.25, 0.3) is 0 Å². The van der Waals surface area contributed by atoms with Crippen molar-refractivity contribution >= 4 is 11.9 Å². The molecule has 7 nitrogen and oxygen atoms in total. The summed E-state index contributed by atoms with van der Waals surface area (Å²) in [6.45, 7) is -0.0590. The van der Waals surface area contributed by atoms with Gasteiger partial charge in [-0.1, -0.05) is 35.5 Å². The van der Waals surface area contributed by atoms with E-state index in [1.54, 1.807) is 24.3 Å². The predicted octanol–water partition coefficient (Wildman–Crippen LogP) is 1.75. The second-order valence-corrected chi connectivity index (χ2v) is 5.83. The van der Waals surface area contributed by atoms with Gasteiger partial charge in [-0.3, -0.25) is 4.79 Å². The average molecular weight is 332 g/mol. The van der Waals surface area contributed by atoms with Crippen molar-refractivity contribution in [3.63, 3.8) is 0 Å². The van der Waals surface area contributed by atoms with E-state index in [2.05, 4.69) is 15.6 Å². The molecule has 0 spiro atoms. The Bertz CT molecular complexity index is 728. The minimum Gasteiger partial charge on any atom is -0.476 e. The summed E-state index contributed by atoms with van der Waals surface area (Å²) in [6.07, 6.45) is 1.20. The van der Waals surface area contributed by atoms with Crippen molar-refractivity contribution in [2.45, 2.75) is 25.1 Å². The van der Waals surface area contributed by atoms with Crippen LogP contribution in [-0.4, -0.2) is 38.5 Å². The number of nitrogens with zero attached hydrogens (tertiary/aromatic N) is 3. The molecule has 2 N–H and O–H groups in total. The Kier molecular flexibility index (Phi) is 4.54. The van der Waals surface area contributed by atoms with Crippen LogP contribution in [-0.2, 0) is 4.79 Å². The number of hydrogen-bond acceptors (Lipinski definition) is 4. The fourth-order valence-corrected chi connectivity index (χ4v) is 2.69. The minimum atomic E-state index is -1.24. The number of rotatable bonds is 6. The topological polar surface area (TPSA) is 97.1 Å². The van der Waals surface area contributed by atoms with E-state index in [0.717, 1.165) is 0 Å². The first-order valence-corrected chi connectivity index (χ1v) is 7.66. The lowest BCUT2D eigenvalue weighted by Gasteiger charge is -2.33. The zero-order valence-corrected chi connectivity index (χ0v) is 12.8. The van der Waals surface area contributed by atoms with Crippen molar-refractivity contribution < 1.29 is 19.1 Å². The van der Waals surface area contributed by atoms with Gasteiger partial charge in [0.05, 0.1) is 18.8 Å². The summed E-state index contributed by atoms with van der Waals surface area (Å²) in [6, 6.07) is 8.63. The lowest BCUT2D eigenvalue weighted by atomic mass is 9.79. The molecular weight excluding hydrogens is 315 g/mol. The number of amides is 1. The molecule has 0 saturated heterocycles. The Morgan fingerprint density at radius 1 is 1.33 bits per heavy atom. The first-order valence-electron chi connectivity index (χ1n) is 7.66. The fraction of sp³-hybridized carbons (Fsp3) is 0.375. The number of hydrogen-bond donors (Lipinski definition) is 2. The molecule has 8 heteroatoms. The SMILES string of the molecule is O=C(O)c1cn(C2CC(C(=O)NCC(F)c3ccccc3)C2)nn1. The normalized spacial score (nSPS) is 20.9. The van der Waals surface area contributed by atoms with Crippen LogP contribution in [0.15, 0.2) is 36.5 Å². The summed E-state index contributed by atoms with van der Waals surface area (Å²) in [5.41, 5.74) is 0.416. The quantitative estimate of drug-likeness (QED) is 0.840. The molecule has 24 heavy (non-hydrogen) atoms. The van der Waals surface area contributed by atoms with Gasteiger partial charge in [0.2, 0.25) is 5.91 Å². The molecular formula is C16H17FN4O3. The molecule has 1 fully saturated rings. The van der Waals surface area contributed by atoms with E-state index in [0.29, 0.717) is 18.4 Å². The lowest BCUT2D eigenvalue weighted by molar-refractivity contribution is -0.129. The Morgan fingerprint density at radius 3 is 2.67 bits per heavy atom. The number of carboxylic acids is 1. The Balaban J connectivity index is 1.45. The number of carbonyl (C=O) groups excluding carboxylic acids is 1. The molecule has 1 aromatic heterocycles. The molecule has 0 aliphatic heterocycles. The van der Waals surface area contributed by atoms with Gasteiger partial charge in [0.15, 0.2) is 5.69 Å². The van der Waals surface area contributed by atoms with Gasteiger partial charge in [-0.25, -0.2) is 13.9 Å². The number of carbonyl (C=O) groups is 2. The average Bonchev–Trinajstić information content (AvgIpc) is 3.02. The van der Waals surface area contributed by atoms with Gasteiger partial charge in [-0.15, -0.1) is 5.10 Å². The zero-order chi connectivity index (χ0) is 17.1. The highest BCUT2D eigenvalue weighted by Crippen LogP contribution is 2.37. The molecule has 126 valence electrons. The van der Waals surface area contributed by atoms with Crippen molar-refractivity contribution in [3.05, 3.63) is 47.8 Å². The number of nitrogens with one attached hydrogen (secondary N) is 1. The molecule has 2 aromatic rings. The fourth-order valence-electron chi connectivity index (χ4n) is 2.69. The van der Waals surface area contributed by atoms with Crippen LogP contribution in [0.3, 0.4) is 0 Å². The molecule has 1 saturated carbocycles. The smallest absolute Gasteiger partial charge is 0.358 e. The molecule has 1 aliphatic rings. The number of aromatic carboxylic acids is 1.